The molecule has 2 aromatic carbocycles. The van der Waals surface area contributed by atoms with Gasteiger partial charge >= 0.3 is 0 Å². The fourth-order valence-corrected chi connectivity index (χ4v) is 3.05. The van der Waals surface area contributed by atoms with Crippen molar-refractivity contribution >= 4 is 50.7 Å². The van der Waals surface area contributed by atoms with Crippen molar-refractivity contribution < 1.29 is 0 Å². The van der Waals surface area contributed by atoms with Gasteiger partial charge in [-0.2, -0.15) is 0 Å². The zero-order chi connectivity index (χ0) is 13.1. The molecule has 0 fully saturated rings. The summed E-state index contributed by atoms with van der Waals surface area (Å²) in [6.07, 6.45) is 0.709. The van der Waals surface area contributed by atoms with Gasteiger partial charge in [0.25, 0.3) is 0 Å². The van der Waals surface area contributed by atoms with Crippen LogP contribution in [0.25, 0.3) is 0 Å². The van der Waals surface area contributed by atoms with Gasteiger partial charge in [0.05, 0.1) is 15.4 Å². The second-order valence-electron chi connectivity index (χ2n) is 3.94. The SMILES string of the molecule is Clc1cccc(C(Cl)Cc2cccc(Br)c2)c1Cl. The summed E-state index contributed by atoms with van der Waals surface area (Å²) in [6.45, 7) is 0. The Kier molecular flexibility index (Phi) is 4.97. The Morgan fingerprint density at radius 1 is 1.06 bits per heavy atom. The lowest BCUT2D eigenvalue weighted by molar-refractivity contribution is 0.919. The Morgan fingerprint density at radius 3 is 2.50 bits per heavy atom. The highest BCUT2D eigenvalue weighted by Gasteiger charge is 2.14. The standard InChI is InChI=1S/C14H10BrCl3/c15-10-4-1-3-9(7-10)8-13(17)11-5-2-6-12(16)14(11)18/h1-7,13H,8H2. The molecular weight excluding hydrogens is 354 g/mol. The maximum absolute atomic E-state index is 6.41. The molecule has 0 saturated carbocycles. The van der Waals surface area contributed by atoms with Crippen LogP contribution < -0.4 is 0 Å². The van der Waals surface area contributed by atoms with E-state index in [0.29, 0.717) is 16.5 Å². The number of halogens is 4. The van der Waals surface area contributed by atoms with E-state index in [1.54, 1.807) is 6.07 Å². The van der Waals surface area contributed by atoms with Crippen molar-refractivity contribution in [2.45, 2.75) is 11.8 Å². The highest BCUT2D eigenvalue weighted by molar-refractivity contribution is 9.10. The van der Waals surface area contributed by atoms with Crippen LogP contribution in [0.1, 0.15) is 16.5 Å². The summed E-state index contributed by atoms with van der Waals surface area (Å²) in [7, 11) is 0. The zero-order valence-electron chi connectivity index (χ0n) is 9.34. The first-order chi connectivity index (χ1) is 8.58. The number of hydrogen-bond donors (Lipinski definition) is 0. The Morgan fingerprint density at radius 2 is 1.78 bits per heavy atom. The molecule has 0 heterocycles. The first kappa shape index (κ1) is 14.2. The number of hydrogen-bond acceptors (Lipinski definition) is 0. The van der Waals surface area contributed by atoms with E-state index < -0.39 is 0 Å². The van der Waals surface area contributed by atoms with Crippen LogP contribution in [0.2, 0.25) is 10.0 Å². The van der Waals surface area contributed by atoms with Crippen LogP contribution in [0.15, 0.2) is 46.9 Å². The summed E-state index contributed by atoms with van der Waals surface area (Å²) in [5.41, 5.74) is 2.02. The molecule has 0 aliphatic rings. The van der Waals surface area contributed by atoms with E-state index in [2.05, 4.69) is 15.9 Å². The van der Waals surface area contributed by atoms with Crippen LogP contribution in [-0.2, 0) is 6.42 Å². The molecule has 0 aliphatic carbocycles. The molecule has 94 valence electrons. The number of alkyl halides is 1. The predicted molar refractivity (Wildman–Crippen MR) is 82.9 cm³/mol. The van der Waals surface area contributed by atoms with E-state index in [4.69, 9.17) is 34.8 Å². The van der Waals surface area contributed by atoms with Gasteiger partial charge < -0.3 is 0 Å². The van der Waals surface area contributed by atoms with Gasteiger partial charge in [-0.25, -0.2) is 0 Å². The predicted octanol–water partition coefficient (Wildman–Crippen LogP) is 6.28. The molecule has 0 aliphatic heterocycles. The lowest BCUT2D eigenvalue weighted by Gasteiger charge is -2.12. The van der Waals surface area contributed by atoms with Gasteiger partial charge in [0.1, 0.15) is 0 Å². The average molecular weight is 364 g/mol. The molecule has 1 unspecified atom stereocenters. The van der Waals surface area contributed by atoms with Crippen LogP contribution in [0.4, 0.5) is 0 Å². The highest BCUT2D eigenvalue weighted by Crippen LogP contribution is 2.35. The quantitative estimate of drug-likeness (QED) is 0.562. The summed E-state index contributed by atoms with van der Waals surface area (Å²) in [6, 6.07) is 13.6. The largest absolute Gasteiger partial charge is 0.117 e. The van der Waals surface area contributed by atoms with Crippen molar-refractivity contribution in [1.29, 1.82) is 0 Å². The summed E-state index contributed by atoms with van der Waals surface area (Å²) in [5.74, 6) is 0. The molecule has 0 N–H and O–H groups in total. The van der Waals surface area contributed by atoms with Crippen molar-refractivity contribution in [3.8, 4) is 0 Å². The molecule has 2 aromatic rings. The van der Waals surface area contributed by atoms with Crippen molar-refractivity contribution in [3.63, 3.8) is 0 Å². The molecule has 0 radical (unpaired) electrons. The van der Waals surface area contributed by atoms with Crippen molar-refractivity contribution in [2.75, 3.05) is 0 Å². The Bertz CT molecular complexity index is 554. The lowest BCUT2D eigenvalue weighted by atomic mass is 10.0. The molecule has 0 nitrogen and oxygen atoms in total. The van der Waals surface area contributed by atoms with Crippen LogP contribution in [0, 0.1) is 0 Å². The van der Waals surface area contributed by atoms with Gasteiger partial charge in [-0.3, -0.25) is 0 Å². The molecule has 2 rings (SSSR count). The minimum Gasteiger partial charge on any atom is -0.117 e. The second-order valence-corrected chi connectivity index (χ2v) is 6.17. The van der Waals surface area contributed by atoms with Crippen molar-refractivity contribution in [2.24, 2.45) is 0 Å². The fraction of sp³-hybridized carbons (Fsp3) is 0.143. The number of benzene rings is 2. The van der Waals surface area contributed by atoms with Crippen LogP contribution in [0.5, 0.6) is 0 Å². The molecule has 0 aromatic heterocycles. The van der Waals surface area contributed by atoms with Gasteiger partial charge in [-0.1, -0.05) is 63.4 Å². The van der Waals surface area contributed by atoms with Crippen LogP contribution >= 0.6 is 50.7 Å². The molecule has 0 amide bonds. The van der Waals surface area contributed by atoms with Crippen molar-refractivity contribution in [1.82, 2.24) is 0 Å². The minimum absolute atomic E-state index is 0.189. The van der Waals surface area contributed by atoms with E-state index in [0.717, 1.165) is 15.6 Å². The second kappa shape index (κ2) is 6.29. The van der Waals surface area contributed by atoms with Gasteiger partial charge in [0.2, 0.25) is 0 Å². The maximum Gasteiger partial charge on any atom is 0.0640 e. The third-order valence-electron chi connectivity index (χ3n) is 2.62. The average Bonchev–Trinajstić information content (AvgIpc) is 2.32. The Labute approximate surface area is 130 Å². The maximum atomic E-state index is 6.41. The third kappa shape index (κ3) is 3.42. The van der Waals surface area contributed by atoms with Gasteiger partial charge in [-0.05, 0) is 35.7 Å². The van der Waals surface area contributed by atoms with Gasteiger partial charge in [-0.15, -0.1) is 11.6 Å². The summed E-state index contributed by atoms with van der Waals surface area (Å²) in [4.78, 5) is 0. The molecule has 0 saturated heterocycles. The molecule has 1 atom stereocenters. The smallest absolute Gasteiger partial charge is 0.0640 e. The molecular formula is C14H10BrCl3. The highest BCUT2D eigenvalue weighted by atomic mass is 79.9. The molecule has 0 spiro atoms. The van der Waals surface area contributed by atoms with Crippen LogP contribution in [0.3, 0.4) is 0 Å². The van der Waals surface area contributed by atoms with E-state index >= 15 is 0 Å². The van der Waals surface area contributed by atoms with Crippen LogP contribution in [-0.4, -0.2) is 0 Å². The minimum atomic E-state index is -0.189. The summed E-state index contributed by atoms with van der Waals surface area (Å²) < 4.78 is 1.04. The van der Waals surface area contributed by atoms with Gasteiger partial charge in [0, 0.05) is 4.47 Å². The first-order valence-electron chi connectivity index (χ1n) is 5.40. The lowest BCUT2D eigenvalue weighted by Crippen LogP contribution is -1.97. The molecule has 0 bridgehead atoms. The first-order valence-corrected chi connectivity index (χ1v) is 7.39. The Hall–Kier alpha value is -0.210. The fourth-order valence-electron chi connectivity index (χ4n) is 1.74. The number of rotatable bonds is 3. The van der Waals surface area contributed by atoms with E-state index in [9.17, 15) is 0 Å². The van der Waals surface area contributed by atoms with E-state index in [1.165, 1.54) is 0 Å². The Balaban J connectivity index is 2.22. The molecule has 4 heteroatoms. The summed E-state index contributed by atoms with van der Waals surface area (Å²) >= 11 is 22.0. The zero-order valence-corrected chi connectivity index (χ0v) is 13.2. The molecule has 18 heavy (non-hydrogen) atoms. The van der Waals surface area contributed by atoms with E-state index in [1.807, 2.05) is 36.4 Å². The van der Waals surface area contributed by atoms with Crippen molar-refractivity contribution in [3.05, 3.63) is 68.1 Å². The summed E-state index contributed by atoms with van der Waals surface area (Å²) in [5, 5.41) is 0.883. The monoisotopic (exact) mass is 362 g/mol. The normalized spacial score (nSPS) is 12.4. The van der Waals surface area contributed by atoms with Gasteiger partial charge in [0.15, 0.2) is 0 Å². The topological polar surface area (TPSA) is 0 Å². The third-order valence-corrected chi connectivity index (χ3v) is 4.34. The van der Waals surface area contributed by atoms with E-state index in [-0.39, 0.29) is 5.38 Å².